The molecule has 2 atom stereocenters. The summed E-state index contributed by atoms with van der Waals surface area (Å²) < 4.78 is 5.47. The van der Waals surface area contributed by atoms with Gasteiger partial charge in [-0.15, -0.1) is 0 Å². The summed E-state index contributed by atoms with van der Waals surface area (Å²) in [5.74, 6) is -0.0561. The lowest BCUT2D eigenvalue weighted by Gasteiger charge is -2.20. The molecule has 0 fully saturated rings. The number of rotatable bonds is 62. The molecule has 0 aromatic heterocycles. The minimum absolute atomic E-state index is 0.0100. The number of amides is 1. The van der Waals surface area contributed by atoms with Crippen LogP contribution in [0.4, 0.5) is 0 Å². The Bertz CT molecular complexity index is 1080. The minimum atomic E-state index is -0.847. The van der Waals surface area contributed by atoms with E-state index in [2.05, 4.69) is 19.2 Å². The number of aliphatic hydroxyl groups excluding tert-OH is 2. The zero-order chi connectivity index (χ0) is 52.2. The summed E-state index contributed by atoms with van der Waals surface area (Å²) >= 11 is 0. The van der Waals surface area contributed by atoms with E-state index in [0.29, 0.717) is 19.4 Å². The van der Waals surface area contributed by atoms with Crippen LogP contribution in [0.3, 0.4) is 0 Å². The molecule has 2 unspecified atom stereocenters. The molecule has 0 aliphatic rings. The molecule has 0 aromatic rings. The van der Waals surface area contributed by atoms with Gasteiger partial charge < -0.3 is 20.3 Å². The van der Waals surface area contributed by atoms with Gasteiger partial charge in [0.2, 0.25) is 5.91 Å². The quantitative estimate of drug-likeness (QED) is 0.0320. The number of allylic oxidation sites excluding steroid dienone is 1. The predicted octanol–water partition coefficient (Wildman–Crippen LogP) is 20.8. The highest BCUT2D eigenvalue weighted by Crippen LogP contribution is 2.19. The van der Waals surface area contributed by atoms with Gasteiger partial charge in [0, 0.05) is 12.8 Å². The molecule has 3 N–H and O–H groups in total. The van der Waals surface area contributed by atoms with E-state index in [1.165, 1.54) is 308 Å². The molecule has 72 heavy (non-hydrogen) atoms. The minimum Gasteiger partial charge on any atom is -0.466 e. The molecule has 1 amide bonds. The van der Waals surface area contributed by atoms with Gasteiger partial charge in [-0.25, -0.2) is 0 Å². The summed E-state index contributed by atoms with van der Waals surface area (Å²) in [6.45, 7) is 4.93. The highest BCUT2D eigenvalue weighted by molar-refractivity contribution is 5.76. The summed E-state index contributed by atoms with van der Waals surface area (Å²) in [6, 6.07) is -0.630. The zero-order valence-corrected chi connectivity index (χ0v) is 48.9. The maximum atomic E-state index is 12.5. The Kier molecular flexibility index (Phi) is 60.9. The topological polar surface area (TPSA) is 95.9 Å². The number of ether oxygens (including phenoxy) is 1. The van der Waals surface area contributed by atoms with Gasteiger partial charge in [0.1, 0.15) is 0 Å². The molecule has 0 spiro atoms. The van der Waals surface area contributed by atoms with E-state index in [4.69, 9.17) is 4.74 Å². The average Bonchev–Trinajstić information content (AvgIpc) is 3.38. The standard InChI is InChI=1S/C66H129NO5/c1-3-5-7-9-11-13-15-17-18-19-20-21-22-23-24-26-29-32-35-38-42-46-50-54-58-64(69)63(62-68)67-65(70)59-55-51-47-43-39-36-33-30-27-25-28-31-34-37-41-45-49-53-57-61-72-66(71)60-56-52-48-44-40-16-14-12-10-8-6-4-2/h54,58,63-64,68-69H,3-53,55-57,59-62H2,1-2H3,(H,67,70)/b58-54+. The second-order valence-electron chi connectivity index (χ2n) is 22.8. The lowest BCUT2D eigenvalue weighted by atomic mass is 10.0. The van der Waals surface area contributed by atoms with Crippen LogP contribution in [-0.4, -0.2) is 47.4 Å². The van der Waals surface area contributed by atoms with Gasteiger partial charge in [0.25, 0.3) is 0 Å². The Morgan fingerprint density at radius 1 is 0.375 bits per heavy atom. The maximum absolute atomic E-state index is 12.5. The molecule has 0 radical (unpaired) electrons. The van der Waals surface area contributed by atoms with Crippen molar-refractivity contribution in [1.82, 2.24) is 5.32 Å². The number of esters is 1. The van der Waals surface area contributed by atoms with Crippen LogP contribution in [0.25, 0.3) is 0 Å². The van der Waals surface area contributed by atoms with Gasteiger partial charge in [0.05, 0.1) is 25.4 Å². The van der Waals surface area contributed by atoms with Crippen LogP contribution in [0.1, 0.15) is 373 Å². The number of carbonyl (C=O) groups is 2. The van der Waals surface area contributed by atoms with Crippen LogP contribution < -0.4 is 5.32 Å². The highest BCUT2D eigenvalue weighted by atomic mass is 16.5. The summed E-state index contributed by atoms with van der Waals surface area (Å²) in [6.07, 6.45) is 75.5. The first kappa shape index (κ1) is 70.6. The number of hydrogen-bond acceptors (Lipinski definition) is 5. The summed E-state index contributed by atoms with van der Waals surface area (Å²) in [5, 5.41) is 23.2. The molecule has 0 aliphatic heterocycles. The molecule has 0 aromatic carbocycles. The molecule has 0 bridgehead atoms. The smallest absolute Gasteiger partial charge is 0.305 e. The molecule has 0 heterocycles. The van der Waals surface area contributed by atoms with Crippen molar-refractivity contribution in [2.45, 2.75) is 386 Å². The first-order chi connectivity index (χ1) is 35.5. The first-order valence-electron chi connectivity index (χ1n) is 33.0. The van der Waals surface area contributed by atoms with Crippen LogP contribution in [-0.2, 0) is 14.3 Å². The third-order valence-electron chi connectivity index (χ3n) is 15.6. The van der Waals surface area contributed by atoms with Gasteiger partial charge in [-0.05, 0) is 32.1 Å². The average molecular weight is 1020 g/mol. The number of hydrogen-bond donors (Lipinski definition) is 3. The molecular formula is C66H129NO5. The molecule has 6 nitrogen and oxygen atoms in total. The normalized spacial score (nSPS) is 12.6. The molecule has 0 rings (SSSR count). The van der Waals surface area contributed by atoms with E-state index >= 15 is 0 Å². The summed E-state index contributed by atoms with van der Waals surface area (Å²) in [4.78, 5) is 24.5. The van der Waals surface area contributed by atoms with Crippen molar-refractivity contribution in [1.29, 1.82) is 0 Å². The molecule has 0 saturated heterocycles. The van der Waals surface area contributed by atoms with Gasteiger partial charge in [0.15, 0.2) is 0 Å². The third-order valence-corrected chi connectivity index (χ3v) is 15.6. The van der Waals surface area contributed by atoms with Crippen molar-refractivity contribution < 1.29 is 24.5 Å². The SMILES string of the molecule is CCCCCCCCCCCCCCCCCCCCCCCC/C=C/C(O)C(CO)NC(=O)CCCCCCCCCCCCCCCCCCCCCOC(=O)CCCCCCCCCCCCCC. The zero-order valence-electron chi connectivity index (χ0n) is 48.9. The Hall–Kier alpha value is -1.40. The fourth-order valence-corrected chi connectivity index (χ4v) is 10.5. The second-order valence-corrected chi connectivity index (χ2v) is 22.8. The largest absolute Gasteiger partial charge is 0.466 e. The number of aliphatic hydroxyl groups is 2. The van der Waals surface area contributed by atoms with Crippen molar-refractivity contribution in [2.75, 3.05) is 13.2 Å². The van der Waals surface area contributed by atoms with Gasteiger partial charge in [-0.3, -0.25) is 9.59 Å². The lowest BCUT2D eigenvalue weighted by molar-refractivity contribution is -0.143. The maximum Gasteiger partial charge on any atom is 0.305 e. The Labute approximate surface area is 450 Å². The summed E-state index contributed by atoms with van der Waals surface area (Å²) in [5.41, 5.74) is 0. The van der Waals surface area contributed by atoms with Crippen molar-refractivity contribution >= 4 is 11.9 Å². The van der Waals surface area contributed by atoms with Crippen molar-refractivity contribution in [3.8, 4) is 0 Å². The number of unbranched alkanes of at least 4 members (excludes halogenated alkanes) is 51. The van der Waals surface area contributed by atoms with E-state index in [1.54, 1.807) is 6.08 Å². The van der Waals surface area contributed by atoms with Crippen LogP contribution in [0.15, 0.2) is 12.2 Å². The third kappa shape index (κ3) is 57.9. The van der Waals surface area contributed by atoms with E-state index < -0.39 is 12.1 Å². The van der Waals surface area contributed by atoms with Crippen molar-refractivity contribution in [2.24, 2.45) is 0 Å². The Morgan fingerprint density at radius 3 is 0.944 bits per heavy atom. The second kappa shape index (κ2) is 62.1. The molecular weight excluding hydrogens is 887 g/mol. The van der Waals surface area contributed by atoms with Crippen LogP contribution in [0, 0.1) is 0 Å². The number of carbonyl (C=O) groups excluding carboxylic acids is 2. The van der Waals surface area contributed by atoms with Gasteiger partial charge >= 0.3 is 5.97 Å². The van der Waals surface area contributed by atoms with E-state index in [0.717, 1.165) is 38.5 Å². The predicted molar refractivity (Wildman–Crippen MR) is 315 cm³/mol. The van der Waals surface area contributed by atoms with E-state index in [1.807, 2.05) is 6.08 Å². The van der Waals surface area contributed by atoms with E-state index in [9.17, 15) is 19.8 Å². The summed E-state index contributed by atoms with van der Waals surface area (Å²) in [7, 11) is 0. The Balaban J connectivity index is 3.43. The van der Waals surface area contributed by atoms with Crippen molar-refractivity contribution in [3.05, 3.63) is 12.2 Å². The molecule has 0 saturated carbocycles. The highest BCUT2D eigenvalue weighted by Gasteiger charge is 2.18. The molecule has 6 heteroatoms. The fraction of sp³-hybridized carbons (Fsp3) is 0.939. The first-order valence-corrected chi connectivity index (χ1v) is 33.0. The monoisotopic (exact) mass is 1020 g/mol. The molecule has 428 valence electrons. The fourth-order valence-electron chi connectivity index (χ4n) is 10.5. The van der Waals surface area contributed by atoms with Crippen LogP contribution in [0.2, 0.25) is 0 Å². The lowest BCUT2D eigenvalue weighted by Crippen LogP contribution is -2.45. The Morgan fingerprint density at radius 2 is 0.639 bits per heavy atom. The number of nitrogens with one attached hydrogen (secondary N) is 1. The van der Waals surface area contributed by atoms with E-state index in [-0.39, 0.29) is 18.5 Å². The molecule has 0 aliphatic carbocycles. The van der Waals surface area contributed by atoms with Gasteiger partial charge in [-0.1, -0.05) is 341 Å². The van der Waals surface area contributed by atoms with Crippen LogP contribution >= 0.6 is 0 Å². The van der Waals surface area contributed by atoms with Crippen LogP contribution in [0.5, 0.6) is 0 Å². The van der Waals surface area contributed by atoms with Gasteiger partial charge in [-0.2, -0.15) is 0 Å². The van der Waals surface area contributed by atoms with Crippen molar-refractivity contribution in [3.63, 3.8) is 0 Å².